The minimum Gasteiger partial charge on any atom is -0.545 e. The molecule has 0 aromatic rings. The number of carbonyl (C=O) groups is 3. The molecule has 0 aromatic carbocycles. The lowest BCUT2D eigenvalue weighted by molar-refractivity contribution is -0.870. The SMILES string of the molecule is CC/C=C\C/C=C\C/C=C\C/C=C\C/C=C\CCCC(=O)OC(COC(=O)CCCCCCCCCC)COC(OCC[N+](C)(C)C)C(=O)[O-]. The zero-order chi connectivity index (χ0) is 37.1. The van der Waals surface area contributed by atoms with Crippen LogP contribution in [0.3, 0.4) is 0 Å². The number of carboxylic acid groups (broad SMARTS) is 1. The van der Waals surface area contributed by atoms with Crippen molar-refractivity contribution >= 4 is 17.9 Å². The van der Waals surface area contributed by atoms with Crippen molar-refractivity contribution in [1.82, 2.24) is 0 Å². The molecule has 2 unspecified atom stereocenters. The lowest BCUT2D eigenvalue weighted by Gasteiger charge is -2.26. The first-order valence-corrected chi connectivity index (χ1v) is 18.9. The van der Waals surface area contributed by atoms with Gasteiger partial charge < -0.3 is 33.3 Å². The summed E-state index contributed by atoms with van der Waals surface area (Å²) in [5.74, 6) is -2.38. The second-order valence-electron chi connectivity index (χ2n) is 13.5. The first kappa shape index (κ1) is 47.0. The number of carboxylic acids is 1. The summed E-state index contributed by atoms with van der Waals surface area (Å²) >= 11 is 0. The molecule has 0 heterocycles. The number of hydrogen-bond donors (Lipinski definition) is 0. The number of carbonyl (C=O) groups excluding carboxylic acids is 3. The van der Waals surface area contributed by atoms with Crippen molar-refractivity contribution in [2.45, 2.75) is 135 Å². The van der Waals surface area contributed by atoms with Crippen LogP contribution in [0.25, 0.3) is 0 Å². The fourth-order valence-electron chi connectivity index (χ4n) is 4.57. The molecule has 9 nitrogen and oxygen atoms in total. The molecule has 50 heavy (non-hydrogen) atoms. The lowest BCUT2D eigenvalue weighted by Crippen LogP contribution is -2.44. The van der Waals surface area contributed by atoms with Gasteiger partial charge in [0.25, 0.3) is 0 Å². The fraction of sp³-hybridized carbons (Fsp3) is 0.683. The van der Waals surface area contributed by atoms with E-state index in [0.717, 1.165) is 51.4 Å². The summed E-state index contributed by atoms with van der Waals surface area (Å²) in [4.78, 5) is 36.6. The maximum absolute atomic E-state index is 12.6. The highest BCUT2D eigenvalue weighted by Gasteiger charge is 2.21. The number of rotatable bonds is 33. The van der Waals surface area contributed by atoms with E-state index in [2.05, 4.69) is 68.5 Å². The number of likely N-dealkylation sites (N-methyl/N-ethyl adjacent to an activating group) is 1. The lowest BCUT2D eigenvalue weighted by atomic mass is 10.1. The zero-order valence-electron chi connectivity index (χ0n) is 32.0. The summed E-state index contributed by atoms with van der Waals surface area (Å²) in [6.45, 7) is 4.48. The molecule has 0 saturated heterocycles. The third-order valence-corrected chi connectivity index (χ3v) is 7.53. The standard InChI is InChI=1S/C41H69NO8/c1-6-8-10-12-14-16-17-18-19-20-21-22-23-24-26-28-30-32-39(44)50-37(36-49-41(40(45)46)47-34-33-42(3,4)5)35-48-38(43)31-29-27-25-15-13-11-9-7-2/h8,10,14,16,18-19,21-22,24,26,37,41H,6-7,9,11-13,15,17,20,23,25,27-36H2,1-5H3/b10-8-,16-14-,19-18-,22-21-,26-24-. The highest BCUT2D eigenvalue weighted by atomic mass is 16.7. The minimum absolute atomic E-state index is 0.135. The molecule has 0 aliphatic heterocycles. The van der Waals surface area contributed by atoms with Crippen LogP contribution in [-0.4, -0.2) is 82.3 Å². The molecule has 0 spiro atoms. The highest BCUT2D eigenvalue weighted by molar-refractivity contribution is 5.70. The highest BCUT2D eigenvalue weighted by Crippen LogP contribution is 2.11. The molecule has 2 atom stereocenters. The van der Waals surface area contributed by atoms with Crippen LogP contribution in [0.2, 0.25) is 0 Å². The molecule has 0 saturated carbocycles. The Bertz CT molecular complexity index is 1010. The van der Waals surface area contributed by atoms with Crippen LogP contribution in [0.1, 0.15) is 123 Å². The van der Waals surface area contributed by atoms with E-state index in [1.54, 1.807) is 0 Å². The van der Waals surface area contributed by atoms with E-state index < -0.39 is 24.3 Å². The van der Waals surface area contributed by atoms with Gasteiger partial charge in [-0.25, -0.2) is 0 Å². The summed E-state index contributed by atoms with van der Waals surface area (Å²) in [6, 6.07) is 0. The molecule has 0 rings (SSSR count). The summed E-state index contributed by atoms with van der Waals surface area (Å²) < 4.78 is 22.3. The van der Waals surface area contributed by atoms with Crippen molar-refractivity contribution in [3.8, 4) is 0 Å². The topological polar surface area (TPSA) is 111 Å². The van der Waals surface area contributed by atoms with Gasteiger partial charge in [0.2, 0.25) is 0 Å². The van der Waals surface area contributed by atoms with Crippen molar-refractivity contribution in [2.75, 3.05) is 47.5 Å². The number of hydrogen-bond acceptors (Lipinski definition) is 8. The largest absolute Gasteiger partial charge is 0.545 e. The first-order valence-electron chi connectivity index (χ1n) is 18.9. The quantitative estimate of drug-likeness (QED) is 0.0225. The summed E-state index contributed by atoms with van der Waals surface area (Å²) in [7, 11) is 5.87. The zero-order valence-corrected chi connectivity index (χ0v) is 32.0. The second-order valence-corrected chi connectivity index (χ2v) is 13.5. The van der Waals surface area contributed by atoms with Crippen molar-refractivity contribution in [1.29, 1.82) is 0 Å². The van der Waals surface area contributed by atoms with Crippen LogP contribution in [0.4, 0.5) is 0 Å². The Morgan fingerprint density at radius 3 is 1.68 bits per heavy atom. The Morgan fingerprint density at radius 2 is 1.14 bits per heavy atom. The average Bonchev–Trinajstić information content (AvgIpc) is 3.06. The summed E-state index contributed by atoms with van der Waals surface area (Å²) in [5.41, 5.74) is 0. The van der Waals surface area contributed by atoms with E-state index in [1.807, 2.05) is 27.2 Å². The van der Waals surface area contributed by atoms with E-state index in [0.29, 0.717) is 23.9 Å². The molecule has 0 N–H and O–H groups in total. The summed E-state index contributed by atoms with van der Waals surface area (Å²) in [6.07, 6.45) is 34.2. The van der Waals surface area contributed by atoms with Gasteiger partial charge in [0.1, 0.15) is 13.2 Å². The number of quaternary nitrogens is 1. The van der Waals surface area contributed by atoms with Crippen molar-refractivity contribution in [3.05, 3.63) is 60.8 Å². The Kier molecular flexibility index (Phi) is 31.2. The van der Waals surface area contributed by atoms with Crippen LogP contribution in [0, 0.1) is 0 Å². The maximum atomic E-state index is 12.6. The smallest absolute Gasteiger partial charge is 0.306 e. The van der Waals surface area contributed by atoms with Gasteiger partial charge in [0.05, 0.1) is 40.3 Å². The van der Waals surface area contributed by atoms with Crippen LogP contribution < -0.4 is 5.11 Å². The van der Waals surface area contributed by atoms with E-state index in [1.165, 1.54) is 32.1 Å². The van der Waals surface area contributed by atoms with Gasteiger partial charge >= 0.3 is 11.9 Å². The molecule has 0 radical (unpaired) electrons. The first-order chi connectivity index (χ1) is 24.1. The normalized spacial score (nSPS) is 13.7. The maximum Gasteiger partial charge on any atom is 0.306 e. The van der Waals surface area contributed by atoms with E-state index >= 15 is 0 Å². The molecule has 286 valence electrons. The van der Waals surface area contributed by atoms with Gasteiger partial charge in [-0.1, -0.05) is 120 Å². The van der Waals surface area contributed by atoms with E-state index in [4.69, 9.17) is 18.9 Å². The fourth-order valence-corrected chi connectivity index (χ4v) is 4.57. The molecule has 0 amide bonds. The van der Waals surface area contributed by atoms with Gasteiger partial charge in [-0.2, -0.15) is 0 Å². The summed E-state index contributed by atoms with van der Waals surface area (Å²) in [5, 5.41) is 11.6. The van der Waals surface area contributed by atoms with Gasteiger partial charge in [0.15, 0.2) is 12.4 Å². The van der Waals surface area contributed by atoms with Crippen LogP contribution in [0.15, 0.2) is 60.8 Å². The monoisotopic (exact) mass is 704 g/mol. The number of allylic oxidation sites excluding steroid dienone is 10. The number of ether oxygens (including phenoxy) is 4. The molecule has 0 bridgehead atoms. The molecule has 0 fully saturated rings. The molecule has 0 aromatic heterocycles. The van der Waals surface area contributed by atoms with Crippen molar-refractivity contribution in [2.24, 2.45) is 0 Å². The average molecular weight is 704 g/mol. The number of aliphatic carboxylic acids is 1. The van der Waals surface area contributed by atoms with Crippen molar-refractivity contribution < 1.29 is 42.9 Å². The number of nitrogens with zero attached hydrogens (tertiary/aromatic N) is 1. The third-order valence-electron chi connectivity index (χ3n) is 7.53. The Labute approximate surface area is 304 Å². The predicted octanol–water partition coefficient (Wildman–Crippen LogP) is 7.71. The number of esters is 2. The van der Waals surface area contributed by atoms with Gasteiger partial charge in [-0.15, -0.1) is 0 Å². The van der Waals surface area contributed by atoms with Crippen LogP contribution in [0.5, 0.6) is 0 Å². The molecular formula is C41H69NO8. The molecular weight excluding hydrogens is 634 g/mol. The van der Waals surface area contributed by atoms with E-state index in [9.17, 15) is 19.5 Å². The number of unbranched alkanes of at least 4 members (excludes halogenated alkanes) is 8. The Morgan fingerprint density at radius 1 is 0.620 bits per heavy atom. The van der Waals surface area contributed by atoms with Gasteiger partial charge in [-0.3, -0.25) is 9.59 Å². The van der Waals surface area contributed by atoms with Gasteiger partial charge in [-0.05, 0) is 51.4 Å². The van der Waals surface area contributed by atoms with Crippen molar-refractivity contribution in [3.63, 3.8) is 0 Å². The Balaban J connectivity index is 4.64. The van der Waals surface area contributed by atoms with Gasteiger partial charge in [0, 0.05) is 12.8 Å². The molecule has 9 heteroatoms. The Hall–Kier alpha value is -3.01. The predicted molar refractivity (Wildman–Crippen MR) is 200 cm³/mol. The second kappa shape index (κ2) is 33.2. The molecule has 0 aliphatic carbocycles. The van der Waals surface area contributed by atoms with Crippen LogP contribution >= 0.6 is 0 Å². The van der Waals surface area contributed by atoms with Crippen LogP contribution in [-0.2, 0) is 33.3 Å². The minimum atomic E-state index is -1.63. The third kappa shape index (κ3) is 33.5. The molecule has 0 aliphatic rings. The van der Waals surface area contributed by atoms with E-state index in [-0.39, 0.29) is 38.6 Å².